The molecule has 1 aliphatic heterocycles. The smallest absolute Gasteiger partial charge is 0.252 e. The molecule has 152 valence electrons. The van der Waals surface area contributed by atoms with Gasteiger partial charge in [0, 0.05) is 53.9 Å². The summed E-state index contributed by atoms with van der Waals surface area (Å²) in [4.78, 5) is 20.7. The zero-order valence-electron chi connectivity index (χ0n) is 17.1. The number of hydrogen-bond acceptors (Lipinski definition) is 6. The molecule has 0 saturated heterocycles. The Morgan fingerprint density at radius 1 is 1.41 bits per heavy atom. The maximum Gasteiger partial charge on any atom is 0.252 e. The molecular formula is C22H26N4O2S. The van der Waals surface area contributed by atoms with Crippen LogP contribution in [-0.2, 0) is 25.9 Å². The Kier molecular flexibility index (Phi) is 5.78. The Morgan fingerprint density at radius 3 is 3.00 bits per heavy atom. The van der Waals surface area contributed by atoms with Crippen molar-refractivity contribution in [1.29, 1.82) is 0 Å². The lowest BCUT2D eigenvalue weighted by Crippen LogP contribution is -2.35. The molecule has 3 aromatic heterocycles. The number of carbonyl (C=O) groups is 1. The van der Waals surface area contributed by atoms with Gasteiger partial charge in [-0.05, 0) is 50.8 Å². The van der Waals surface area contributed by atoms with E-state index >= 15 is 0 Å². The van der Waals surface area contributed by atoms with Crippen molar-refractivity contribution >= 4 is 17.2 Å². The van der Waals surface area contributed by atoms with E-state index in [1.165, 1.54) is 16.0 Å². The number of aromatic nitrogens is 2. The fourth-order valence-corrected chi connectivity index (χ4v) is 5.00. The number of rotatable bonds is 6. The van der Waals surface area contributed by atoms with E-state index in [0.29, 0.717) is 0 Å². The quantitative estimate of drug-likeness (QED) is 0.671. The van der Waals surface area contributed by atoms with Crippen LogP contribution in [0.15, 0.2) is 34.4 Å². The second-order valence-corrected chi connectivity index (χ2v) is 8.72. The van der Waals surface area contributed by atoms with Crippen LogP contribution in [0.25, 0.3) is 0 Å². The van der Waals surface area contributed by atoms with Gasteiger partial charge in [-0.3, -0.25) is 14.7 Å². The van der Waals surface area contributed by atoms with Crippen LogP contribution in [0.5, 0.6) is 0 Å². The minimum atomic E-state index is 0.0260. The highest BCUT2D eigenvalue weighted by Crippen LogP contribution is 2.30. The number of thiophene rings is 1. The van der Waals surface area contributed by atoms with E-state index in [0.717, 1.165) is 55.1 Å². The van der Waals surface area contributed by atoms with Gasteiger partial charge in [0.25, 0.3) is 5.91 Å². The van der Waals surface area contributed by atoms with Gasteiger partial charge in [-0.15, -0.1) is 11.3 Å². The fraction of sp³-hybridized carbons (Fsp3) is 0.409. The van der Waals surface area contributed by atoms with Gasteiger partial charge in [0.15, 0.2) is 0 Å². The number of carbonyl (C=O) groups excluding carboxylic acids is 1. The molecule has 29 heavy (non-hydrogen) atoms. The lowest BCUT2D eigenvalue weighted by Gasteiger charge is -2.27. The van der Waals surface area contributed by atoms with E-state index in [1.807, 2.05) is 44.5 Å². The van der Waals surface area contributed by atoms with Gasteiger partial charge in [0.2, 0.25) is 0 Å². The van der Waals surface area contributed by atoms with Gasteiger partial charge in [0.1, 0.15) is 5.76 Å². The minimum absolute atomic E-state index is 0.0260. The van der Waals surface area contributed by atoms with E-state index in [1.54, 1.807) is 17.5 Å². The van der Waals surface area contributed by atoms with Gasteiger partial charge >= 0.3 is 0 Å². The molecule has 0 unspecified atom stereocenters. The first-order chi connectivity index (χ1) is 14.0. The molecule has 7 heteroatoms. The number of hydrogen-bond donors (Lipinski definition) is 1. The predicted molar refractivity (Wildman–Crippen MR) is 113 cm³/mol. The lowest BCUT2D eigenvalue weighted by atomic mass is 10.0. The normalized spacial score (nSPS) is 15.1. The monoisotopic (exact) mass is 410 g/mol. The van der Waals surface area contributed by atoms with Crippen molar-refractivity contribution in [3.8, 4) is 0 Å². The highest BCUT2D eigenvalue weighted by atomic mass is 32.1. The summed E-state index contributed by atoms with van der Waals surface area (Å²) in [6.45, 7) is 8.62. The maximum absolute atomic E-state index is 12.9. The molecule has 1 aliphatic rings. The highest BCUT2D eigenvalue weighted by molar-refractivity contribution is 7.10. The summed E-state index contributed by atoms with van der Waals surface area (Å²) in [6, 6.07) is 4.02. The van der Waals surface area contributed by atoms with Crippen molar-refractivity contribution in [3.05, 3.63) is 68.5 Å². The molecule has 3 aromatic rings. The molecule has 1 N–H and O–H groups in total. The SMILES string of the molecule is Cc1noc(C)c1CN1CCc2c(C(=O)N[C@@H](C)Cc3cccnc3)csc2C1. The largest absolute Gasteiger partial charge is 0.361 e. The average molecular weight is 411 g/mol. The molecular weight excluding hydrogens is 384 g/mol. The van der Waals surface area contributed by atoms with Crippen molar-refractivity contribution < 1.29 is 9.32 Å². The third-order valence-corrected chi connectivity index (χ3v) is 6.49. The molecule has 0 bridgehead atoms. The van der Waals surface area contributed by atoms with Gasteiger partial charge in [-0.2, -0.15) is 0 Å². The van der Waals surface area contributed by atoms with Crippen LogP contribution < -0.4 is 5.32 Å². The van der Waals surface area contributed by atoms with Crippen molar-refractivity contribution in [2.24, 2.45) is 0 Å². The molecule has 0 saturated carbocycles. The van der Waals surface area contributed by atoms with E-state index < -0.39 is 0 Å². The second kappa shape index (κ2) is 8.47. The van der Waals surface area contributed by atoms with E-state index in [-0.39, 0.29) is 11.9 Å². The molecule has 0 aliphatic carbocycles. The predicted octanol–water partition coefficient (Wildman–Crippen LogP) is 3.67. The first kappa shape index (κ1) is 19.8. The number of nitrogens with zero attached hydrogens (tertiary/aromatic N) is 3. The zero-order chi connectivity index (χ0) is 20.4. The summed E-state index contributed by atoms with van der Waals surface area (Å²) in [7, 11) is 0. The third kappa shape index (κ3) is 4.41. The van der Waals surface area contributed by atoms with Crippen molar-refractivity contribution in [3.63, 3.8) is 0 Å². The standard InChI is InChI=1S/C22H26N4O2S/c1-14(9-17-5-4-7-23-10-17)24-22(27)20-13-29-21-12-26(8-6-18(20)21)11-19-15(2)25-28-16(19)3/h4-5,7,10,13-14H,6,8-9,11-12H2,1-3H3,(H,24,27)/t14-/m0/s1. The summed E-state index contributed by atoms with van der Waals surface area (Å²) in [6.07, 6.45) is 5.28. The Morgan fingerprint density at radius 2 is 2.28 bits per heavy atom. The molecule has 1 atom stereocenters. The number of nitrogens with one attached hydrogen (secondary N) is 1. The lowest BCUT2D eigenvalue weighted by molar-refractivity contribution is 0.0938. The summed E-state index contributed by atoms with van der Waals surface area (Å²) < 4.78 is 5.29. The number of fused-ring (bicyclic) bond motifs is 1. The van der Waals surface area contributed by atoms with E-state index in [4.69, 9.17) is 4.52 Å². The first-order valence-corrected chi connectivity index (χ1v) is 10.8. The summed E-state index contributed by atoms with van der Waals surface area (Å²) >= 11 is 1.68. The second-order valence-electron chi connectivity index (χ2n) is 7.75. The molecule has 0 fully saturated rings. The van der Waals surface area contributed by atoms with Crippen LogP contribution in [0.3, 0.4) is 0 Å². The highest BCUT2D eigenvalue weighted by Gasteiger charge is 2.25. The number of amides is 1. The first-order valence-electron chi connectivity index (χ1n) is 9.94. The van der Waals surface area contributed by atoms with Crippen LogP contribution in [0.4, 0.5) is 0 Å². The van der Waals surface area contributed by atoms with Gasteiger partial charge in [0.05, 0.1) is 11.3 Å². The Hall–Kier alpha value is -2.51. The van der Waals surface area contributed by atoms with Gasteiger partial charge in [-0.1, -0.05) is 11.2 Å². The van der Waals surface area contributed by atoms with Crippen LogP contribution >= 0.6 is 11.3 Å². The summed E-state index contributed by atoms with van der Waals surface area (Å²) in [5.74, 6) is 0.917. The van der Waals surface area contributed by atoms with Crippen LogP contribution in [0.2, 0.25) is 0 Å². The Bertz CT molecular complexity index is 976. The minimum Gasteiger partial charge on any atom is -0.361 e. The number of pyridine rings is 1. The third-order valence-electron chi connectivity index (χ3n) is 5.48. The zero-order valence-corrected chi connectivity index (χ0v) is 17.9. The van der Waals surface area contributed by atoms with E-state index in [2.05, 4.69) is 20.4 Å². The summed E-state index contributed by atoms with van der Waals surface area (Å²) in [5.41, 5.74) is 5.30. The molecule has 4 heterocycles. The Labute approximate surface area is 174 Å². The molecule has 1 amide bonds. The fourth-order valence-electron chi connectivity index (χ4n) is 3.88. The van der Waals surface area contributed by atoms with Crippen molar-refractivity contribution in [1.82, 2.24) is 20.4 Å². The number of aryl methyl sites for hydroxylation is 2. The van der Waals surface area contributed by atoms with E-state index in [9.17, 15) is 4.79 Å². The Balaban J connectivity index is 1.39. The van der Waals surface area contributed by atoms with Crippen LogP contribution in [0.1, 0.15) is 50.3 Å². The van der Waals surface area contributed by atoms with Crippen LogP contribution in [0, 0.1) is 13.8 Å². The molecule has 0 aromatic carbocycles. The molecule has 6 nitrogen and oxygen atoms in total. The maximum atomic E-state index is 12.9. The molecule has 0 radical (unpaired) electrons. The molecule has 0 spiro atoms. The van der Waals surface area contributed by atoms with Crippen molar-refractivity contribution in [2.45, 2.75) is 52.7 Å². The molecule has 4 rings (SSSR count). The topological polar surface area (TPSA) is 71.3 Å². The van der Waals surface area contributed by atoms with Gasteiger partial charge < -0.3 is 9.84 Å². The average Bonchev–Trinajstić information content (AvgIpc) is 3.27. The summed E-state index contributed by atoms with van der Waals surface area (Å²) in [5, 5.41) is 9.21. The van der Waals surface area contributed by atoms with Crippen molar-refractivity contribution in [2.75, 3.05) is 6.54 Å². The van der Waals surface area contributed by atoms with Gasteiger partial charge in [-0.25, -0.2) is 0 Å². The van der Waals surface area contributed by atoms with Crippen LogP contribution in [-0.4, -0.2) is 33.5 Å².